The van der Waals surface area contributed by atoms with Gasteiger partial charge >= 0.3 is 0 Å². The minimum Gasteiger partial charge on any atom is -0.489 e. The quantitative estimate of drug-likeness (QED) is 0.222. The van der Waals surface area contributed by atoms with Gasteiger partial charge in [-0.25, -0.2) is 0 Å². The molecule has 194 valence electrons. The Kier molecular flexibility index (Phi) is 6.86. The first-order chi connectivity index (χ1) is 19.0. The molecular weight excluding hydrogens is 529 g/mol. The summed E-state index contributed by atoms with van der Waals surface area (Å²) in [6.07, 6.45) is 0. The number of fused-ring (bicyclic) bond motifs is 1. The second kappa shape index (κ2) is 10.6. The molecule has 0 saturated carbocycles. The molecule has 5 aromatic rings. The van der Waals surface area contributed by atoms with Gasteiger partial charge in [0.25, 0.3) is 5.91 Å². The number of nitrogens with zero attached hydrogens (tertiary/aromatic N) is 2. The predicted molar refractivity (Wildman–Crippen MR) is 154 cm³/mol. The molecule has 0 aliphatic carbocycles. The van der Waals surface area contributed by atoms with E-state index < -0.39 is 0 Å². The van der Waals surface area contributed by atoms with Crippen LogP contribution in [0.3, 0.4) is 0 Å². The molecule has 4 aromatic carbocycles. The number of hydrogen-bond donors (Lipinski definition) is 1. The summed E-state index contributed by atoms with van der Waals surface area (Å²) in [5.41, 5.74) is 7.18. The van der Waals surface area contributed by atoms with Crippen molar-refractivity contribution in [1.29, 1.82) is 0 Å². The van der Waals surface area contributed by atoms with Crippen LogP contribution in [0.2, 0.25) is 10.0 Å². The first-order valence-electron chi connectivity index (χ1n) is 12.6. The summed E-state index contributed by atoms with van der Waals surface area (Å²) in [6.45, 7) is 2.85. The highest BCUT2D eigenvalue weighted by Gasteiger charge is 2.42. The summed E-state index contributed by atoms with van der Waals surface area (Å²) in [4.78, 5) is 15.6. The van der Waals surface area contributed by atoms with Crippen molar-refractivity contribution >= 4 is 29.1 Å². The smallest absolute Gasteiger partial charge is 0.273 e. The summed E-state index contributed by atoms with van der Waals surface area (Å²) in [5, 5.41) is 8.94. The fourth-order valence-electron chi connectivity index (χ4n) is 4.95. The van der Waals surface area contributed by atoms with Crippen molar-refractivity contribution in [2.75, 3.05) is 0 Å². The lowest BCUT2D eigenvalue weighted by atomic mass is 9.95. The Labute approximate surface area is 237 Å². The first kappa shape index (κ1) is 25.2. The summed E-state index contributed by atoms with van der Waals surface area (Å²) < 4.78 is 6.01. The van der Waals surface area contributed by atoms with Gasteiger partial charge < -0.3 is 9.64 Å². The summed E-state index contributed by atoms with van der Waals surface area (Å²) in [5.74, 6) is 0.633. The van der Waals surface area contributed by atoms with E-state index >= 15 is 0 Å². The van der Waals surface area contributed by atoms with Crippen molar-refractivity contribution < 1.29 is 9.53 Å². The van der Waals surface area contributed by atoms with Crippen molar-refractivity contribution in [3.8, 4) is 17.0 Å². The van der Waals surface area contributed by atoms with Crippen LogP contribution in [-0.2, 0) is 13.2 Å². The number of H-pyrrole nitrogens is 1. The van der Waals surface area contributed by atoms with Gasteiger partial charge in [-0.2, -0.15) is 5.10 Å². The maximum Gasteiger partial charge on any atom is 0.273 e. The number of amides is 1. The molecule has 5 nitrogen and oxygen atoms in total. The number of aromatic amines is 1. The van der Waals surface area contributed by atoms with Crippen molar-refractivity contribution in [2.45, 2.75) is 26.1 Å². The number of rotatable bonds is 7. The molecule has 7 heteroatoms. The minimum absolute atomic E-state index is 0.0881. The van der Waals surface area contributed by atoms with Gasteiger partial charge in [-0.3, -0.25) is 9.89 Å². The van der Waals surface area contributed by atoms with E-state index in [-0.39, 0.29) is 11.9 Å². The molecule has 0 fully saturated rings. The number of aryl methyl sites for hydroxylation is 1. The fourth-order valence-corrected chi connectivity index (χ4v) is 5.26. The lowest BCUT2D eigenvalue weighted by Gasteiger charge is -2.27. The highest BCUT2D eigenvalue weighted by molar-refractivity contribution is 6.31. The van der Waals surface area contributed by atoms with E-state index in [9.17, 15) is 4.79 Å². The van der Waals surface area contributed by atoms with Crippen LogP contribution in [-0.4, -0.2) is 21.0 Å². The maximum atomic E-state index is 13.7. The van der Waals surface area contributed by atoms with Gasteiger partial charge in [-0.15, -0.1) is 0 Å². The molecule has 1 aliphatic rings. The maximum absolute atomic E-state index is 13.7. The number of ether oxygens (including phenoxy) is 1. The molecule has 6 rings (SSSR count). The molecule has 1 atom stereocenters. The zero-order chi connectivity index (χ0) is 26.9. The first-order valence-corrected chi connectivity index (χ1v) is 13.4. The lowest BCUT2D eigenvalue weighted by Crippen LogP contribution is -2.29. The van der Waals surface area contributed by atoms with Gasteiger partial charge in [0.05, 0.1) is 11.7 Å². The zero-order valence-electron chi connectivity index (χ0n) is 21.2. The SMILES string of the molecule is Cc1ccc(-c2n[nH]c3c2C(c2ccc(OCc4ccccc4Cl)cc2)N(Cc2ccc(Cl)cc2)C3=O)cc1. The Morgan fingerprint density at radius 1 is 0.897 bits per heavy atom. The molecule has 39 heavy (non-hydrogen) atoms. The van der Waals surface area contributed by atoms with Crippen LogP contribution in [0.1, 0.15) is 44.3 Å². The normalized spacial score (nSPS) is 14.5. The molecule has 0 spiro atoms. The van der Waals surface area contributed by atoms with Gasteiger partial charge in [0, 0.05) is 33.3 Å². The summed E-state index contributed by atoms with van der Waals surface area (Å²) in [6, 6.07) is 31.0. The number of carbonyl (C=O) groups excluding carboxylic acids is 1. The second-order valence-electron chi connectivity index (χ2n) is 9.64. The van der Waals surface area contributed by atoms with Crippen molar-refractivity contribution in [1.82, 2.24) is 15.1 Å². The molecule has 0 radical (unpaired) electrons. The van der Waals surface area contributed by atoms with Crippen LogP contribution < -0.4 is 4.74 Å². The predicted octanol–water partition coefficient (Wildman–Crippen LogP) is 8.02. The van der Waals surface area contributed by atoms with Crippen LogP contribution in [0.4, 0.5) is 0 Å². The summed E-state index contributed by atoms with van der Waals surface area (Å²) >= 11 is 12.4. The van der Waals surface area contributed by atoms with Crippen LogP contribution in [0, 0.1) is 6.92 Å². The molecular formula is C32H25Cl2N3O2. The zero-order valence-corrected chi connectivity index (χ0v) is 22.7. The number of carbonyl (C=O) groups is 1. The van der Waals surface area contributed by atoms with Gasteiger partial charge in [-0.05, 0) is 48.4 Å². The third-order valence-corrected chi connectivity index (χ3v) is 7.62. The van der Waals surface area contributed by atoms with E-state index in [1.807, 2.05) is 96.8 Å². The lowest BCUT2D eigenvalue weighted by molar-refractivity contribution is 0.0730. The van der Waals surface area contributed by atoms with Crippen molar-refractivity contribution in [2.24, 2.45) is 0 Å². The van der Waals surface area contributed by atoms with E-state index in [1.165, 1.54) is 0 Å². The number of halogens is 2. The Morgan fingerprint density at radius 3 is 2.33 bits per heavy atom. The van der Waals surface area contributed by atoms with Crippen LogP contribution in [0.5, 0.6) is 5.75 Å². The number of hydrogen-bond acceptors (Lipinski definition) is 3. The Morgan fingerprint density at radius 2 is 1.62 bits per heavy atom. The molecule has 1 amide bonds. The summed E-state index contributed by atoms with van der Waals surface area (Å²) in [7, 11) is 0. The Hall–Kier alpha value is -4.06. The van der Waals surface area contributed by atoms with Gasteiger partial charge in [0.1, 0.15) is 18.1 Å². The third kappa shape index (κ3) is 5.03. The van der Waals surface area contributed by atoms with E-state index in [4.69, 9.17) is 27.9 Å². The van der Waals surface area contributed by atoms with Gasteiger partial charge in [-0.1, -0.05) is 95.5 Å². The number of nitrogens with one attached hydrogen (secondary N) is 1. The van der Waals surface area contributed by atoms with Crippen LogP contribution in [0.25, 0.3) is 11.3 Å². The Balaban J connectivity index is 1.35. The van der Waals surface area contributed by atoms with Crippen molar-refractivity contribution in [3.05, 3.63) is 141 Å². The van der Waals surface area contributed by atoms with E-state index in [0.29, 0.717) is 28.9 Å². The molecule has 2 heterocycles. The molecule has 1 aliphatic heterocycles. The largest absolute Gasteiger partial charge is 0.489 e. The molecule has 1 aromatic heterocycles. The monoisotopic (exact) mass is 553 g/mol. The number of benzene rings is 4. The van der Waals surface area contributed by atoms with Crippen LogP contribution >= 0.6 is 23.2 Å². The van der Waals surface area contributed by atoms with E-state index in [1.54, 1.807) is 0 Å². The minimum atomic E-state index is -0.323. The van der Waals surface area contributed by atoms with Gasteiger partial charge in [0.15, 0.2) is 0 Å². The van der Waals surface area contributed by atoms with Crippen molar-refractivity contribution in [3.63, 3.8) is 0 Å². The highest BCUT2D eigenvalue weighted by atomic mass is 35.5. The molecule has 0 bridgehead atoms. The topological polar surface area (TPSA) is 58.2 Å². The van der Waals surface area contributed by atoms with Crippen LogP contribution in [0.15, 0.2) is 97.1 Å². The fraction of sp³-hybridized carbons (Fsp3) is 0.125. The average molecular weight is 554 g/mol. The average Bonchev–Trinajstić information content (AvgIpc) is 3.49. The molecule has 1 N–H and O–H groups in total. The number of aromatic nitrogens is 2. The second-order valence-corrected chi connectivity index (χ2v) is 10.5. The van der Waals surface area contributed by atoms with E-state index in [0.717, 1.165) is 44.8 Å². The Bertz CT molecular complexity index is 1630. The molecule has 1 unspecified atom stereocenters. The highest BCUT2D eigenvalue weighted by Crippen LogP contribution is 2.44. The van der Waals surface area contributed by atoms with Gasteiger partial charge in [0.2, 0.25) is 0 Å². The third-order valence-electron chi connectivity index (χ3n) is 7.00. The standard InChI is InChI=1S/C32H25Cl2N3O2/c1-20-6-10-22(11-7-20)29-28-30(36-35-29)32(38)37(18-21-8-14-25(33)15-9-21)31(28)23-12-16-26(17-13-23)39-19-24-4-2-3-5-27(24)34/h2-17,31H,18-19H2,1H3,(H,35,36). The van der Waals surface area contributed by atoms with E-state index in [2.05, 4.69) is 22.3 Å². The molecule has 0 saturated heterocycles.